The van der Waals surface area contributed by atoms with Crippen molar-refractivity contribution in [2.75, 3.05) is 86.5 Å². The molecular weight excluding hydrogens is 996 g/mol. The van der Waals surface area contributed by atoms with Gasteiger partial charge in [-0.1, -0.05) is 38.1 Å². The predicted octanol–water partition coefficient (Wildman–Crippen LogP) is 8.25. The molecule has 4 N–H and O–H groups in total. The number of nitrogens with one attached hydrogen (secondary N) is 2. The van der Waals surface area contributed by atoms with Gasteiger partial charge >= 0.3 is 12.1 Å². The quantitative estimate of drug-likeness (QED) is 0.0761. The number of hydrogen-bond acceptors (Lipinski definition) is 14. The third-order valence-electron chi connectivity index (χ3n) is 14.0. The van der Waals surface area contributed by atoms with Crippen LogP contribution >= 0.6 is 0 Å². The first-order chi connectivity index (χ1) is 36.2. The molecule has 2 fully saturated rings. The van der Waals surface area contributed by atoms with E-state index in [2.05, 4.69) is 30.3 Å². The summed E-state index contributed by atoms with van der Waals surface area (Å²) >= 11 is 0. The fourth-order valence-electron chi connectivity index (χ4n) is 9.70. The number of hydrogen-bond donors (Lipinski definition) is 4. The Kier molecular flexibility index (Phi) is 14.8. The molecule has 0 aliphatic carbocycles. The summed E-state index contributed by atoms with van der Waals surface area (Å²) in [6.07, 6.45) is -2.93. The summed E-state index contributed by atoms with van der Waals surface area (Å²) in [7, 11) is 3.57. The van der Waals surface area contributed by atoms with Gasteiger partial charge in [0.1, 0.15) is 22.9 Å². The number of phenols is 2. The number of alkyl halides is 5. The highest BCUT2D eigenvalue weighted by atomic mass is 19.4. The molecular formula is C53H57F5N12O6. The highest BCUT2D eigenvalue weighted by Crippen LogP contribution is 2.41. The molecule has 0 radical (unpaired) electrons. The average Bonchev–Trinajstić information content (AvgIpc) is 3.84. The number of halogens is 5. The van der Waals surface area contributed by atoms with Gasteiger partial charge in [-0.25, -0.2) is 4.98 Å². The maximum absolute atomic E-state index is 13.9. The van der Waals surface area contributed by atoms with E-state index < -0.39 is 36.1 Å². The lowest BCUT2D eigenvalue weighted by molar-refractivity contribution is -0.278. The Morgan fingerprint density at radius 1 is 0.816 bits per heavy atom. The molecule has 3 aliphatic rings. The fourth-order valence-corrected chi connectivity index (χ4v) is 9.70. The van der Waals surface area contributed by atoms with E-state index in [9.17, 15) is 46.5 Å². The number of nitrogens with zero attached hydrogens (tertiary/aromatic N) is 10. The van der Waals surface area contributed by atoms with Crippen LogP contribution in [0.5, 0.6) is 17.2 Å². The van der Waals surface area contributed by atoms with Gasteiger partial charge in [-0.15, -0.1) is 10.2 Å². The molecule has 2 saturated heterocycles. The van der Waals surface area contributed by atoms with Gasteiger partial charge in [-0.3, -0.25) is 23.9 Å². The van der Waals surface area contributed by atoms with Crippen LogP contribution < -0.4 is 30.1 Å². The summed E-state index contributed by atoms with van der Waals surface area (Å²) < 4.78 is 73.8. The Morgan fingerprint density at radius 3 is 2.20 bits per heavy atom. The van der Waals surface area contributed by atoms with Crippen LogP contribution in [0.3, 0.4) is 0 Å². The first kappa shape index (κ1) is 52.8. The van der Waals surface area contributed by atoms with Gasteiger partial charge in [-0.2, -0.15) is 26.9 Å². The van der Waals surface area contributed by atoms with E-state index in [1.807, 2.05) is 60.2 Å². The number of phenolic OH excluding ortho intramolecular Hbond substituents is 2. The molecule has 23 heteroatoms. The largest absolute Gasteiger partial charge is 0.508 e. The minimum absolute atomic E-state index is 0.0239. The molecule has 2 aromatic heterocycles. The molecule has 0 saturated carbocycles. The van der Waals surface area contributed by atoms with E-state index >= 15 is 0 Å². The molecule has 6 aromatic rings. The second-order valence-electron chi connectivity index (χ2n) is 19.3. The summed E-state index contributed by atoms with van der Waals surface area (Å²) in [5.41, 5.74) is 5.01. The molecule has 0 atom stereocenters. The van der Waals surface area contributed by atoms with Gasteiger partial charge in [0.05, 0.1) is 41.9 Å². The van der Waals surface area contributed by atoms with Gasteiger partial charge in [0, 0.05) is 89.3 Å². The van der Waals surface area contributed by atoms with Gasteiger partial charge < -0.3 is 45.2 Å². The number of rotatable bonds is 14. The normalized spacial score (nSPS) is 15.6. The van der Waals surface area contributed by atoms with Crippen molar-refractivity contribution in [3.05, 3.63) is 108 Å². The van der Waals surface area contributed by atoms with Crippen LogP contribution in [0.25, 0.3) is 17.1 Å². The lowest BCUT2D eigenvalue weighted by Gasteiger charge is -2.39. The zero-order chi connectivity index (χ0) is 54.2. The van der Waals surface area contributed by atoms with Crippen LogP contribution in [-0.2, 0) is 11.3 Å². The summed E-state index contributed by atoms with van der Waals surface area (Å²) in [5.74, 6) is -6.87. The number of piperazine rings is 1. The fraction of sp³-hybridized carbons (Fsp3) is 0.377. The average molecular weight is 1050 g/mol. The number of anilines is 6. The third-order valence-corrected chi connectivity index (χ3v) is 14.0. The number of fused-ring (bicyclic) bond motifs is 2. The van der Waals surface area contributed by atoms with Crippen molar-refractivity contribution in [1.82, 2.24) is 39.8 Å². The molecule has 3 aliphatic heterocycles. The number of aromatic nitrogens is 5. The number of carbonyl (C=O) groups excluding carboxylic acids is 3. The van der Waals surface area contributed by atoms with Crippen molar-refractivity contribution in [3.8, 4) is 34.3 Å². The standard InChI is InChI=1S/C53H57F5N12O6/c1-6-76-44-25-35(15-16-39(44)61-51-59-28-41-46(62-51)65(4)40-10-8-7-9-36(40)50(75)66(41)5)68-19-17-33(18-20-68)49(74)69-23-21-67(22-24-69)29-32-11-13-34(14-12-32)70-45(38-26-37(31(2)3)42(71)27-43(38)72)63-64-47(70)48(73)60-30-52(54,55)53(56,57)58/h7-16,25-28,31,33,71-72H,6,17-24,29-30H2,1-5H3,(H,60,73)(H,59,61,62). The molecule has 5 heterocycles. The number of ether oxygens (including phenoxy) is 1. The molecule has 400 valence electrons. The van der Waals surface area contributed by atoms with E-state index in [-0.39, 0.29) is 46.5 Å². The topological polar surface area (TPSA) is 198 Å². The van der Waals surface area contributed by atoms with Crippen molar-refractivity contribution in [1.29, 1.82) is 0 Å². The Labute approximate surface area is 434 Å². The maximum Gasteiger partial charge on any atom is 0.455 e. The number of amides is 3. The monoisotopic (exact) mass is 1050 g/mol. The molecule has 9 rings (SSSR count). The van der Waals surface area contributed by atoms with Crippen LogP contribution in [0.15, 0.2) is 85.1 Å². The van der Waals surface area contributed by atoms with Gasteiger partial charge in [0.25, 0.3) is 11.8 Å². The summed E-state index contributed by atoms with van der Waals surface area (Å²) in [6, 6.07) is 22.5. The van der Waals surface area contributed by atoms with Crippen LogP contribution in [0.4, 0.5) is 56.5 Å². The zero-order valence-corrected chi connectivity index (χ0v) is 42.4. The Bertz CT molecular complexity index is 3140. The highest BCUT2D eigenvalue weighted by molar-refractivity contribution is 6.13. The molecule has 0 unspecified atom stereocenters. The number of carbonyl (C=O) groups is 3. The van der Waals surface area contributed by atoms with Crippen LogP contribution in [0, 0.1) is 5.92 Å². The first-order valence-corrected chi connectivity index (χ1v) is 24.8. The van der Waals surface area contributed by atoms with E-state index in [4.69, 9.17) is 9.72 Å². The van der Waals surface area contributed by atoms with Crippen molar-refractivity contribution >= 4 is 52.2 Å². The van der Waals surface area contributed by atoms with E-state index in [1.165, 1.54) is 6.07 Å². The smallest absolute Gasteiger partial charge is 0.455 e. The molecule has 0 spiro atoms. The maximum atomic E-state index is 13.9. The Morgan fingerprint density at radius 2 is 1.51 bits per heavy atom. The summed E-state index contributed by atoms with van der Waals surface area (Å²) in [6.45, 7) is 7.97. The van der Waals surface area contributed by atoms with E-state index in [0.717, 1.165) is 27.6 Å². The molecule has 18 nitrogen and oxygen atoms in total. The second-order valence-corrected chi connectivity index (χ2v) is 19.3. The number of piperidine rings is 1. The SMILES string of the molecule is CCOc1cc(N2CCC(C(=O)N3CCN(Cc4ccc(-n5c(C(=O)NCC(F)(F)C(F)(F)F)nnc5-c5cc(C(C)C)c(O)cc5O)cc4)CC3)CC2)ccc1Nc1ncc2c(n1)N(C)c1ccccc1C(=O)N2C. The molecule has 4 aromatic carbocycles. The van der Waals surface area contributed by atoms with Gasteiger partial charge in [-0.05, 0) is 79.3 Å². The summed E-state index contributed by atoms with van der Waals surface area (Å²) in [5, 5.41) is 34.2. The Hall–Kier alpha value is -8.08. The van der Waals surface area contributed by atoms with Crippen LogP contribution in [-0.4, -0.2) is 141 Å². The van der Waals surface area contributed by atoms with E-state index in [0.29, 0.717) is 105 Å². The van der Waals surface area contributed by atoms with Crippen LogP contribution in [0.2, 0.25) is 0 Å². The predicted molar refractivity (Wildman–Crippen MR) is 275 cm³/mol. The van der Waals surface area contributed by atoms with Gasteiger partial charge in [0.2, 0.25) is 17.7 Å². The van der Waals surface area contributed by atoms with Crippen molar-refractivity contribution in [2.24, 2.45) is 5.92 Å². The number of aromatic hydroxyl groups is 2. The highest BCUT2D eigenvalue weighted by Gasteiger charge is 2.57. The van der Waals surface area contributed by atoms with Crippen molar-refractivity contribution < 1.29 is 51.3 Å². The van der Waals surface area contributed by atoms with Crippen molar-refractivity contribution in [3.63, 3.8) is 0 Å². The van der Waals surface area contributed by atoms with E-state index in [1.54, 1.807) is 67.6 Å². The van der Waals surface area contributed by atoms with Gasteiger partial charge in [0.15, 0.2) is 11.6 Å². The molecule has 0 bridgehead atoms. The first-order valence-electron chi connectivity index (χ1n) is 24.8. The second kappa shape index (κ2) is 21.3. The number of para-hydroxylation sites is 1. The minimum atomic E-state index is -5.91. The zero-order valence-electron chi connectivity index (χ0n) is 42.4. The van der Waals surface area contributed by atoms with Crippen molar-refractivity contribution in [2.45, 2.75) is 58.2 Å². The molecule has 76 heavy (non-hydrogen) atoms. The molecule has 3 amide bonds. The minimum Gasteiger partial charge on any atom is -0.508 e. The third kappa shape index (κ3) is 10.6. The lowest BCUT2D eigenvalue weighted by Crippen LogP contribution is -2.51. The number of benzene rings is 4. The Balaban J connectivity index is 0.812. The van der Waals surface area contributed by atoms with Crippen LogP contribution in [0.1, 0.15) is 71.6 Å². The summed E-state index contributed by atoms with van der Waals surface area (Å²) in [4.78, 5) is 59.6. The lowest BCUT2D eigenvalue weighted by atomic mass is 9.94.